The molecule has 0 aromatic carbocycles. The molecule has 0 aromatic heterocycles. The summed E-state index contributed by atoms with van der Waals surface area (Å²) < 4.78 is 5.57. The van der Waals surface area contributed by atoms with Gasteiger partial charge in [0.05, 0.1) is 6.10 Å². The molecule has 3 nitrogen and oxygen atoms in total. The second-order valence-electron chi connectivity index (χ2n) is 7.96. The Labute approximate surface area is 122 Å². The summed E-state index contributed by atoms with van der Waals surface area (Å²) in [6.45, 7) is 8.70. The van der Waals surface area contributed by atoms with Crippen LogP contribution in [-0.2, 0) is 9.53 Å². The van der Waals surface area contributed by atoms with Gasteiger partial charge in [0.1, 0.15) is 11.7 Å². The number of aliphatic hydroxyl groups is 1. The molecule has 20 heavy (non-hydrogen) atoms. The number of ether oxygens (including phenoxy) is 1. The van der Waals surface area contributed by atoms with Gasteiger partial charge in [-0.05, 0) is 37.0 Å². The highest BCUT2D eigenvalue weighted by molar-refractivity contribution is 5.95. The van der Waals surface area contributed by atoms with Gasteiger partial charge in [0.25, 0.3) is 0 Å². The van der Waals surface area contributed by atoms with E-state index in [1.807, 2.05) is 0 Å². The van der Waals surface area contributed by atoms with Crippen LogP contribution in [0, 0.1) is 16.7 Å². The lowest BCUT2D eigenvalue weighted by Gasteiger charge is -2.44. The third-order valence-corrected chi connectivity index (χ3v) is 6.98. The molecule has 114 valence electrons. The first-order valence-electron chi connectivity index (χ1n) is 8.20. The molecule has 2 bridgehead atoms. The average molecular weight is 280 g/mol. The predicted octanol–water partition coefficient (Wildman–Crippen LogP) is 3.09. The van der Waals surface area contributed by atoms with E-state index in [2.05, 4.69) is 27.7 Å². The van der Waals surface area contributed by atoms with Crippen molar-refractivity contribution in [1.82, 2.24) is 0 Å². The Kier molecular flexibility index (Phi) is 3.12. The van der Waals surface area contributed by atoms with Gasteiger partial charge in [-0.3, -0.25) is 4.79 Å². The Balaban J connectivity index is 1.76. The summed E-state index contributed by atoms with van der Waals surface area (Å²) in [4.78, 5) is 12.8. The number of carbonyl (C=O) groups is 1. The maximum Gasteiger partial charge on any atom is 0.196 e. The van der Waals surface area contributed by atoms with Gasteiger partial charge in [-0.1, -0.05) is 40.5 Å². The molecule has 3 heteroatoms. The van der Waals surface area contributed by atoms with Gasteiger partial charge >= 0.3 is 0 Å². The molecule has 0 unspecified atom stereocenters. The molecule has 0 radical (unpaired) electrons. The highest BCUT2D eigenvalue weighted by Crippen LogP contribution is 2.70. The predicted molar refractivity (Wildman–Crippen MR) is 77.4 cm³/mol. The van der Waals surface area contributed by atoms with Gasteiger partial charge < -0.3 is 9.84 Å². The van der Waals surface area contributed by atoms with E-state index in [-0.39, 0.29) is 28.8 Å². The molecule has 1 saturated heterocycles. The number of hydrogen-bond acceptors (Lipinski definition) is 3. The van der Waals surface area contributed by atoms with Crippen molar-refractivity contribution in [3.05, 3.63) is 0 Å². The number of ketones is 1. The lowest BCUT2D eigenvalue weighted by molar-refractivity contribution is -0.156. The van der Waals surface area contributed by atoms with E-state index in [0.29, 0.717) is 12.3 Å². The molecular weight excluding hydrogens is 252 g/mol. The summed E-state index contributed by atoms with van der Waals surface area (Å²) >= 11 is 0. The lowest BCUT2D eigenvalue weighted by atomic mass is 9.62. The van der Waals surface area contributed by atoms with Gasteiger partial charge in [-0.15, -0.1) is 0 Å². The van der Waals surface area contributed by atoms with Gasteiger partial charge in [0.15, 0.2) is 5.78 Å². The zero-order valence-electron chi connectivity index (χ0n) is 13.2. The van der Waals surface area contributed by atoms with Crippen LogP contribution in [0.5, 0.6) is 0 Å². The summed E-state index contributed by atoms with van der Waals surface area (Å²) in [6, 6.07) is 0. The highest BCUT2D eigenvalue weighted by Gasteiger charge is 2.73. The molecule has 3 rings (SSSR count). The monoisotopic (exact) mass is 280 g/mol. The van der Waals surface area contributed by atoms with Crippen LogP contribution >= 0.6 is 0 Å². The van der Waals surface area contributed by atoms with Crippen molar-refractivity contribution in [2.24, 2.45) is 16.7 Å². The smallest absolute Gasteiger partial charge is 0.196 e. The topological polar surface area (TPSA) is 49.8 Å². The van der Waals surface area contributed by atoms with Crippen LogP contribution < -0.4 is 0 Å². The molecule has 0 spiro atoms. The summed E-state index contributed by atoms with van der Waals surface area (Å²) in [5.41, 5.74) is -1.40. The maximum atomic E-state index is 12.8. The minimum Gasteiger partial charge on any atom is -0.381 e. The Hall–Kier alpha value is -0.410. The van der Waals surface area contributed by atoms with E-state index >= 15 is 0 Å². The second kappa shape index (κ2) is 4.30. The molecule has 1 N–H and O–H groups in total. The molecule has 1 heterocycles. The van der Waals surface area contributed by atoms with Crippen LogP contribution in [0.3, 0.4) is 0 Å². The van der Waals surface area contributed by atoms with Crippen LogP contribution in [0.4, 0.5) is 0 Å². The summed E-state index contributed by atoms with van der Waals surface area (Å²) in [7, 11) is 0. The Morgan fingerprint density at radius 3 is 2.55 bits per heavy atom. The third kappa shape index (κ3) is 1.62. The minimum atomic E-state index is -1.16. The minimum absolute atomic E-state index is 0.0311. The lowest BCUT2D eigenvalue weighted by Crippen LogP contribution is -2.54. The number of fused-ring (bicyclic) bond motifs is 2. The molecule has 3 fully saturated rings. The fourth-order valence-electron chi connectivity index (χ4n) is 4.88. The van der Waals surface area contributed by atoms with Gasteiger partial charge in [-0.2, -0.15) is 0 Å². The van der Waals surface area contributed by atoms with E-state index in [4.69, 9.17) is 4.74 Å². The van der Waals surface area contributed by atoms with E-state index < -0.39 is 5.60 Å². The van der Waals surface area contributed by atoms with Crippen LogP contribution in [-0.4, -0.2) is 28.7 Å². The molecule has 5 atom stereocenters. The second-order valence-corrected chi connectivity index (χ2v) is 7.96. The highest BCUT2D eigenvalue weighted by atomic mass is 16.6. The Morgan fingerprint density at radius 1 is 1.35 bits per heavy atom. The zero-order valence-corrected chi connectivity index (χ0v) is 13.2. The maximum absolute atomic E-state index is 12.8. The fourth-order valence-corrected chi connectivity index (χ4v) is 4.88. The summed E-state index contributed by atoms with van der Waals surface area (Å²) in [5.74, 6) is 0.436. The number of hydrogen-bond donors (Lipinski definition) is 1. The summed E-state index contributed by atoms with van der Waals surface area (Å²) in [5, 5.41) is 11.2. The molecule has 0 aromatic rings. The normalized spacial score (nSPS) is 48.5. The molecular formula is C17H28O3. The zero-order chi connectivity index (χ0) is 14.8. The van der Waals surface area contributed by atoms with Crippen molar-refractivity contribution in [2.45, 2.75) is 84.0 Å². The fraction of sp³-hybridized carbons (Fsp3) is 0.941. The number of Topliss-reactive ketones (excluding diaryl/α,β-unsaturated/α-hetero) is 1. The summed E-state index contributed by atoms with van der Waals surface area (Å²) in [6.07, 6.45) is 5.64. The van der Waals surface area contributed by atoms with Crippen LogP contribution in [0.25, 0.3) is 0 Å². The van der Waals surface area contributed by atoms with E-state index in [0.717, 1.165) is 32.1 Å². The number of carbonyl (C=O) groups excluding carboxylic acids is 1. The van der Waals surface area contributed by atoms with Crippen molar-refractivity contribution < 1.29 is 14.6 Å². The van der Waals surface area contributed by atoms with Crippen LogP contribution in [0.2, 0.25) is 0 Å². The number of epoxide rings is 1. The standard InChI is InChI=1S/C17H28O3/c1-5-6-7-12-13(20-12)14(18)17(19)10-11-8-9-16(17,4)15(11,2)3/h11-13,19H,5-10H2,1-4H3/t11-,12+,13+,16-,17+/m1/s1. The SMILES string of the molecule is CCCC[C@@H]1O[C@@H]1C(=O)[C@@]1(O)C[C@H]2CC[C@]1(C)C2(C)C. The first kappa shape index (κ1) is 14.5. The van der Waals surface area contributed by atoms with Crippen molar-refractivity contribution >= 4 is 5.78 Å². The first-order chi connectivity index (χ1) is 9.28. The van der Waals surface area contributed by atoms with Crippen molar-refractivity contribution in [3.8, 4) is 0 Å². The van der Waals surface area contributed by atoms with Crippen molar-refractivity contribution in [1.29, 1.82) is 0 Å². The molecule has 2 saturated carbocycles. The van der Waals surface area contributed by atoms with Crippen molar-refractivity contribution in [2.75, 3.05) is 0 Å². The largest absolute Gasteiger partial charge is 0.381 e. The van der Waals surface area contributed by atoms with Gasteiger partial charge in [0.2, 0.25) is 0 Å². The van der Waals surface area contributed by atoms with Gasteiger partial charge in [-0.25, -0.2) is 0 Å². The van der Waals surface area contributed by atoms with E-state index in [1.54, 1.807) is 0 Å². The molecule has 2 aliphatic carbocycles. The average Bonchev–Trinajstić information content (AvgIpc) is 3.10. The number of unbranched alkanes of at least 4 members (excludes halogenated alkanes) is 1. The Bertz CT molecular complexity index is 430. The van der Waals surface area contributed by atoms with Crippen LogP contribution in [0.15, 0.2) is 0 Å². The first-order valence-corrected chi connectivity index (χ1v) is 8.20. The quantitative estimate of drug-likeness (QED) is 0.787. The van der Waals surface area contributed by atoms with E-state index in [9.17, 15) is 9.90 Å². The van der Waals surface area contributed by atoms with Crippen molar-refractivity contribution in [3.63, 3.8) is 0 Å². The third-order valence-electron chi connectivity index (χ3n) is 6.98. The number of rotatable bonds is 5. The van der Waals surface area contributed by atoms with Crippen LogP contribution in [0.1, 0.15) is 66.2 Å². The Morgan fingerprint density at radius 2 is 2.05 bits per heavy atom. The molecule has 3 aliphatic rings. The molecule has 0 amide bonds. The van der Waals surface area contributed by atoms with Gasteiger partial charge in [0, 0.05) is 5.41 Å². The van der Waals surface area contributed by atoms with E-state index in [1.165, 1.54) is 0 Å². The molecule has 1 aliphatic heterocycles.